The second-order valence-corrected chi connectivity index (χ2v) is 8.36. The molecule has 1 aliphatic heterocycles. The Morgan fingerprint density at radius 2 is 1.88 bits per heavy atom. The monoisotopic (exact) mass is 575 g/mol. The first-order chi connectivity index (χ1) is 16.2. The zero-order chi connectivity index (χ0) is 23.0. The van der Waals surface area contributed by atoms with E-state index >= 15 is 0 Å². The molecule has 2 N–H and O–H groups in total. The first-order valence-electron chi connectivity index (χ1n) is 11.5. The van der Waals surface area contributed by atoms with Crippen LogP contribution in [0.25, 0.3) is 5.69 Å². The van der Waals surface area contributed by atoms with Crippen molar-refractivity contribution in [2.75, 3.05) is 27.3 Å². The summed E-state index contributed by atoms with van der Waals surface area (Å²) < 4.78 is 13.2. The third kappa shape index (κ3) is 6.73. The number of nitrogens with one attached hydrogen (secondary N) is 2. The van der Waals surface area contributed by atoms with E-state index in [-0.39, 0.29) is 30.1 Å². The van der Waals surface area contributed by atoms with E-state index in [4.69, 9.17) is 9.47 Å². The largest absolute Gasteiger partial charge is 0.497 e. The summed E-state index contributed by atoms with van der Waals surface area (Å²) in [4.78, 5) is 4.39. The number of benzene rings is 2. The maximum Gasteiger partial charge on any atom is 0.191 e. The molecule has 2 unspecified atom stereocenters. The van der Waals surface area contributed by atoms with E-state index in [1.54, 1.807) is 14.2 Å². The number of guanidine groups is 1. The number of aliphatic imine (C=N–C) groups is 1. The van der Waals surface area contributed by atoms with Gasteiger partial charge in [-0.05, 0) is 55.7 Å². The summed E-state index contributed by atoms with van der Waals surface area (Å²) in [7, 11) is 3.46. The van der Waals surface area contributed by atoms with Crippen molar-refractivity contribution in [3.63, 3.8) is 0 Å². The molecule has 34 heavy (non-hydrogen) atoms. The summed E-state index contributed by atoms with van der Waals surface area (Å²) in [5.41, 5.74) is 4.44. The molecule has 0 radical (unpaired) electrons. The number of hydrogen-bond acceptors (Lipinski definition) is 4. The van der Waals surface area contributed by atoms with Crippen molar-refractivity contribution in [1.29, 1.82) is 0 Å². The molecular formula is C26H34IN5O2. The predicted molar refractivity (Wildman–Crippen MR) is 146 cm³/mol. The second-order valence-electron chi connectivity index (χ2n) is 8.36. The molecule has 1 saturated heterocycles. The summed E-state index contributed by atoms with van der Waals surface area (Å²) >= 11 is 0. The molecule has 3 aromatic rings. The minimum Gasteiger partial charge on any atom is -0.497 e. The van der Waals surface area contributed by atoms with Gasteiger partial charge in [-0.3, -0.25) is 4.99 Å². The standard InChI is InChI=1S/C26H33N5O2.HI/c1-19-6-8-20(9-7-19)25-21(5-4-16-33-25)17-28-26(27-2)29-18-22-14-15-31(30-22)23-10-12-24(32-3)13-11-23;/h6-15,21,25H,4-5,16-18H2,1-3H3,(H2,27,28,29);1H. The van der Waals surface area contributed by atoms with Gasteiger partial charge in [0.2, 0.25) is 0 Å². The Morgan fingerprint density at radius 1 is 1.12 bits per heavy atom. The number of aromatic nitrogens is 2. The van der Waals surface area contributed by atoms with Gasteiger partial charge in [-0.1, -0.05) is 29.8 Å². The van der Waals surface area contributed by atoms with Crippen molar-refractivity contribution in [3.8, 4) is 11.4 Å². The van der Waals surface area contributed by atoms with Crippen LogP contribution in [0, 0.1) is 12.8 Å². The molecule has 2 atom stereocenters. The number of hydrogen-bond donors (Lipinski definition) is 2. The molecule has 8 heteroatoms. The zero-order valence-corrected chi connectivity index (χ0v) is 22.4. The lowest BCUT2D eigenvalue weighted by atomic mass is 9.89. The molecule has 182 valence electrons. The SMILES string of the molecule is CN=C(NCc1ccn(-c2ccc(OC)cc2)n1)NCC1CCCOC1c1ccc(C)cc1.I. The van der Waals surface area contributed by atoms with Crippen molar-refractivity contribution >= 4 is 29.9 Å². The van der Waals surface area contributed by atoms with Gasteiger partial charge < -0.3 is 20.1 Å². The highest BCUT2D eigenvalue weighted by Gasteiger charge is 2.27. The summed E-state index contributed by atoms with van der Waals surface area (Å²) in [6.45, 7) is 4.32. The molecule has 1 fully saturated rings. The molecule has 0 amide bonds. The Kier molecular flexibility index (Phi) is 9.76. The van der Waals surface area contributed by atoms with E-state index in [0.717, 1.165) is 49.1 Å². The summed E-state index contributed by atoms with van der Waals surface area (Å²) in [5.74, 6) is 1.99. The summed E-state index contributed by atoms with van der Waals surface area (Å²) in [5, 5.41) is 11.5. The van der Waals surface area contributed by atoms with E-state index < -0.39 is 0 Å². The minimum atomic E-state index is 0. The fourth-order valence-electron chi connectivity index (χ4n) is 4.13. The van der Waals surface area contributed by atoms with Crippen molar-refractivity contribution in [2.45, 2.75) is 32.4 Å². The smallest absolute Gasteiger partial charge is 0.191 e. The fraction of sp³-hybridized carbons (Fsp3) is 0.385. The average molecular weight is 575 g/mol. The third-order valence-corrected chi connectivity index (χ3v) is 6.02. The van der Waals surface area contributed by atoms with E-state index in [2.05, 4.69) is 51.9 Å². The van der Waals surface area contributed by atoms with Gasteiger partial charge in [-0.25, -0.2) is 4.68 Å². The second kappa shape index (κ2) is 12.8. The Bertz CT molecular complexity index is 1050. The average Bonchev–Trinajstić information content (AvgIpc) is 3.34. The van der Waals surface area contributed by atoms with Crippen molar-refractivity contribution in [1.82, 2.24) is 20.4 Å². The predicted octanol–water partition coefficient (Wildman–Crippen LogP) is 4.64. The molecule has 2 heterocycles. The molecule has 1 aliphatic rings. The highest BCUT2D eigenvalue weighted by molar-refractivity contribution is 14.0. The Labute approximate surface area is 219 Å². The topological polar surface area (TPSA) is 72.7 Å². The molecule has 0 spiro atoms. The van der Waals surface area contributed by atoms with E-state index in [1.165, 1.54) is 11.1 Å². The van der Waals surface area contributed by atoms with Crippen molar-refractivity contribution in [2.24, 2.45) is 10.9 Å². The van der Waals surface area contributed by atoms with Crippen LogP contribution in [0.1, 0.15) is 35.8 Å². The molecule has 7 nitrogen and oxygen atoms in total. The number of rotatable bonds is 7. The fourth-order valence-corrected chi connectivity index (χ4v) is 4.13. The molecule has 4 rings (SSSR count). The van der Waals surface area contributed by atoms with Gasteiger partial charge in [0.05, 0.1) is 31.1 Å². The first-order valence-corrected chi connectivity index (χ1v) is 11.5. The highest BCUT2D eigenvalue weighted by Crippen LogP contribution is 2.33. The van der Waals surface area contributed by atoms with Crippen LogP contribution in [0.15, 0.2) is 65.8 Å². The van der Waals surface area contributed by atoms with Crippen LogP contribution in [0.3, 0.4) is 0 Å². The molecule has 0 aliphatic carbocycles. The highest BCUT2D eigenvalue weighted by atomic mass is 127. The minimum absolute atomic E-state index is 0. The van der Waals surface area contributed by atoms with Crippen LogP contribution in [-0.4, -0.2) is 43.0 Å². The Balaban J connectivity index is 0.00000324. The number of halogens is 1. The maximum absolute atomic E-state index is 6.15. The number of methoxy groups -OCH3 is 1. The van der Waals surface area contributed by atoms with Crippen LogP contribution < -0.4 is 15.4 Å². The van der Waals surface area contributed by atoms with Crippen LogP contribution in [0.5, 0.6) is 5.75 Å². The van der Waals surface area contributed by atoms with Gasteiger partial charge >= 0.3 is 0 Å². The lowest BCUT2D eigenvalue weighted by molar-refractivity contribution is -0.0265. The zero-order valence-electron chi connectivity index (χ0n) is 20.0. The Hall–Kier alpha value is -2.59. The van der Waals surface area contributed by atoms with Gasteiger partial charge in [0.1, 0.15) is 5.75 Å². The van der Waals surface area contributed by atoms with Crippen LogP contribution in [-0.2, 0) is 11.3 Å². The van der Waals surface area contributed by atoms with Crippen LogP contribution >= 0.6 is 24.0 Å². The van der Waals surface area contributed by atoms with Crippen LogP contribution in [0.2, 0.25) is 0 Å². The quantitative estimate of drug-likeness (QED) is 0.244. The van der Waals surface area contributed by atoms with Gasteiger partial charge in [0.25, 0.3) is 0 Å². The molecule has 1 aromatic heterocycles. The number of aryl methyl sites for hydroxylation is 1. The summed E-state index contributed by atoms with van der Waals surface area (Å²) in [6, 6.07) is 18.5. The van der Waals surface area contributed by atoms with Gasteiger partial charge in [0, 0.05) is 32.3 Å². The number of ether oxygens (including phenoxy) is 2. The molecule has 2 aromatic carbocycles. The van der Waals surface area contributed by atoms with Crippen molar-refractivity contribution < 1.29 is 9.47 Å². The first kappa shape index (κ1) is 26.0. The van der Waals surface area contributed by atoms with Gasteiger partial charge in [-0.2, -0.15) is 5.10 Å². The maximum atomic E-state index is 6.15. The molecule has 0 bridgehead atoms. The van der Waals surface area contributed by atoms with E-state index in [9.17, 15) is 0 Å². The van der Waals surface area contributed by atoms with E-state index in [0.29, 0.717) is 12.5 Å². The van der Waals surface area contributed by atoms with Gasteiger partial charge in [-0.15, -0.1) is 24.0 Å². The lowest BCUT2D eigenvalue weighted by Gasteiger charge is -2.32. The Morgan fingerprint density at radius 3 is 2.59 bits per heavy atom. The van der Waals surface area contributed by atoms with Crippen molar-refractivity contribution in [3.05, 3.63) is 77.6 Å². The van der Waals surface area contributed by atoms with Gasteiger partial charge in [0.15, 0.2) is 5.96 Å². The van der Waals surface area contributed by atoms with Crippen LogP contribution in [0.4, 0.5) is 0 Å². The lowest BCUT2D eigenvalue weighted by Crippen LogP contribution is -2.41. The number of nitrogens with zero attached hydrogens (tertiary/aromatic N) is 3. The van der Waals surface area contributed by atoms with E-state index in [1.807, 2.05) is 41.2 Å². The summed E-state index contributed by atoms with van der Waals surface area (Å²) in [6.07, 6.45) is 4.30. The normalized spacial score (nSPS) is 18.1. The molecular weight excluding hydrogens is 541 g/mol. The third-order valence-electron chi connectivity index (χ3n) is 6.02. The molecule has 0 saturated carbocycles.